The Labute approximate surface area is 187 Å². The van der Waals surface area contributed by atoms with Crippen LogP contribution in [0.25, 0.3) is 0 Å². The minimum Gasteiger partial charge on any atom is -0.493 e. The number of carbonyl (C=O) groups excluding carboxylic acids is 1. The molecule has 4 rings (SSSR count). The van der Waals surface area contributed by atoms with Crippen molar-refractivity contribution in [2.45, 2.75) is 42.9 Å². The molecule has 2 aromatic carbocycles. The molecule has 3 aromatic rings. The van der Waals surface area contributed by atoms with Gasteiger partial charge in [-0.15, -0.1) is 11.3 Å². The third-order valence-corrected chi connectivity index (χ3v) is 8.28. The highest BCUT2D eigenvalue weighted by atomic mass is 32.2. The summed E-state index contributed by atoms with van der Waals surface area (Å²) in [5.41, 5.74) is 2.28. The standard InChI is InChI=1S/C24H25NO4S2/c1-15(2)13-29-20-7-5-4-6-18(20)19-12-22(26)25-23-21(14-30-24(19)23)31(27,28)17-10-8-16(3)9-11-17/h4-11,14-15,19H,12-13H2,1-3H3,(H,25,26)/t19-/m1/s1. The van der Waals surface area contributed by atoms with Crippen LogP contribution in [0.2, 0.25) is 0 Å². The highest BCUT2D eigenvalue weighted by Gasteiger charge is 2.35. The molecule has 0 aliphatic carbocycles. The Kier molecular flexibility index (Phi) is 5.90. The molecule has 0 unspecified atom stereocenters. The summed E-state index contributed by atoms with van der Waals surface area (Å²) < 4.78 is 32.6. The number of hydrogen-bond donors (Lipinski definition) is 1. The highest BCUT2D eigenvalue weighted by Crippen LogP contribution is 2.47. The zero-order chi connectivity index (χ0) is 22.2. The molecule has 1 aliphatic heterocycles. The highest BCUT2D eigenvalue weighted by molar-refractivity contribution is 7.91. The summed E-state index contributed by atoms with van der Waals surface area (Å²) in [6.07, 6.45) is 0.250. The van der Waals surface area contributed by atoms with Crippen LogP contribution in [0.1, 0.15) is 42.2 Å². The molecule has 1 aliphatic rings. The van der Waals surface area contributed by atoms with Gasteiger partial charge in [0.05, 0.1) is 17.2 Å². The maximum Gasteiger partial charge on any atom is 0.225 e. The predicted molar refractivity (Wildman–Crippen MR) is 123 cm³/mol. The van der Waals surface area contributed by atoms with Crippen molar-refractivity contribution in [3.8, 4) is 5.75 Å². The maximum absolute atomic E-state index is 13.3. The zero-order valence-electron chi connectivity index (χ0n) is 17.7. The second kappa shape index (κ2) is 8.48. The first-order valence-corrected chi connectivity index (χ1v) is 12.6. The van der Waals surface area contributed by atoms with Crippen LogP contribution in [0.4, 0.5) is 5.69 Å². The van der Waals surface area contributed by atoms with Crippen LogP contribution in [0.3, 0.4) is 0 Å². The molecular weight excluding hydrogens is 430 g/mol. The summed E-state index contributed by atoms with van der Waals surface area (Å²) in [5.74, 6) is 0.651. The number of fused-ring (bicyclic) bond motifs is 1. The number of rotatable bonds is 6. The number of para-hydroxylation sites is 1. The number of ether oxygens (including phenoxy) is 1. The fourth-order valence-corrected chi connectivity index (χ4v) is 6.55. The topological polar surface area (TPSA) is 72.5 Å². The van der Waals surface area contributed by atoms with E-state index in [4.69, 9.17) is 4.74 Å². The number of hydrogen-bond acceptors (Lipinski definition) is 5. The van der Waals surface area contributed by atoms with E-state index < -0.39 is 9.84 Å². The Morgan fingerprint density at radius 2 is 1.84 bits per heavy atom. The van der Waals surface area contributed by atoms with Crippen molar-refractivity contribution in [3.05, 3.63) is 69.9 Å². The van der Waals surface area contributed by atoms with Crippen LogP contribution in [0, 0.1) is 12.8 Å². The van der Waals surface area contributed by atoms with E-state index in [9.17, 15) is 13.2 Å². The summed E-state index contributed by atoms with van der Waals surface area (Å²) in [6.45, 7) is 6.64. The molecule has 0 radical (unpaired) electrons. The number of carbonyl (C=O) groups is 1. The average molecular weight is 456 g/mol. The van der Waals surface area contributed by atoms with Crippen molar-refractivity contribution in [2.75, 3.05) is 11.9 Å². The second-order valence-corrected chi connectivity index (χ2v) is 11.0. The fourth-order valence-electron chi connectivity index (χ4n) is 3.65. The van der Waals surface area contributed by atoms with E-state index in [0.717, 1.165) is 21.8 Å². The van der Waals surface area contributed by atoms with Gasteiger partial charge < -0.3 is 10.1 Å². The van der Waals surface area contributed by atoms with Gasteiger partial charge >= 0.3 is 0 Å². The Morgan fingerprint density at radius 3 is 2.55 bits per heavy atom. The SMILES string of the molecule is Cc1ccc(S(=O)(=O)c2csc3c2NC(=O)C[C@@H]3c2ccccc2OCC(C)C)cc1. The number of sulfone groups is 1. The number of anilines is 1. The van der Waals surface area contributed by atoms with Gasteiger partial charge in [0.15, 0.2) is 0 Å². The van der Waals surface area contributed by atoms with Crippen molar-refractivity contribution in [3.63, 3.8) is 0 Å². The minimum atomic E-state index is -3.75. The normalized spacial score (nSPS) is 16.1. The molecule has 5 nitrogen and oxygen atoms in total. The predicted octanol–water partition coefficient (Wildman–Crippen LogP) is 5.40. The largest absolute Gasteiger partial charge is 0.493 e. The van der Waals surface area contributed by atoms with E-state index in [1.54, 1.807) is 29.6 Å². The average Bonchev–Trinajstić information content (AvgIpc) is 3.17. The van der Waals surface area contributed by atoms with Crippen LogP contribution < -0.4 is 10.1 Å². The summed E-state index contributed by atoms with van der Waals surface area (Å²) in [4.78, 5) is 13.8. The van der Waals surface area contributed by atoms with Crippen LogP contribution in [0.15, 0.2) is 63.7 Å². The third-order valence-electron chi connectivity index (χ3n) is 5.24. The Hall–Kier alpha value is -2.64. The van der Waals surface area contributed by atoms with Gasteiger partial charge in [0.2, 0.25) is 15.7 Å². The Balaban J connectivity index is 1.77. The molecule has 1 aromatic heterocycles. The lowest BCUT2D eigenvalue weighted by Gasteiger charge is -2.25. The van der Waals surface area contributed by atoms with Crippen LogP contribution >= 0.6 is 11.3 Å². The van der Waals surface area contributed by atoms with Crippen LogP contribution in [-0.2, 0) is 14.6 Å². The number of thiophene rings is 1. The maximum atomic E-state index is 13.3. The van der Waals surface area contributed by atoms with Crippen molar-refractivity contribution in [1.29, 1.82) is 0 Å². The summed E-state index contributed by atoms with van der Waals surface area (Å²) in [7, 11) is -3.75. The van der Waals surface area contributed by atoms with E-state index in [-0.39, 0.29) is 28.0 Å². The van der Waals surface area contributed by atoms with Crippen molar-refractivity contribution < 1.29 is 17.9 Å². The number of benzene rings is 2. The summed E-state index contributed by atoms with van der Waals surface area (Å²) in [5, 5.41) is 4.45. The Bertz CT molecular complexity index is 1210. The lowest BCUT2D eigenvalue weighted by molar-refractivity contribution is -0.116. The molecule has 0 spiro atoms. The monoisotopic (exact) mass is 455 g/mol. The molecule has 2 heterocycles. The van der Waals surface area contributed by atoms with Gasteiger partial charge in [-0.25, -0.2) is 8.42 Å². The summed E-state index contributed by atoms with van der Waals surface area (Å²) in [6, 6.07) is 14.4. The second-order valence-electron chi connectivity index (χ2n) is 8.20. The van der Waals surface area contributed by atoms with Crippen LogP contribution in [0.5, 0.6) is 5.75 Å². The third kappa shape index (κ3) is 4.25. The zero-order valence-corrected chi connectivity index (χ0v) is 19.3. The van der Waals surface area contributed by atoms with Gasteiger partial charge in [0, 0.05) is 28.2 Å². The molecule has 31 heavy (non-hydrogen) atoms. The molecule has 0 fully saturated rings. The molecule has 7 heteroatoms. The van der Waals surface area contributed by atoms with Crippen LogP contribution in [-0.4, -0.2) is 20.9 Å². The molecule has 162 valence electrons. The summed E-state index contributed by atoms with van der Waals surface area (Å²) >= 11 is 1.37. The number of aryl methyl sites for hydroxylation is 1. The van der Waals surface area contributed by atoms with E-state index >= 15 is 0 Å². The van der Waals surface area contributed by atoms with E-state index in [1.165, 1.54) is 11.3 Å². The van der Waals surface area contributed by atoms with Gasteiger partial charge in [-0.2, -0.15) is 0 Å². The first kappa shape index (κ1) is 21.6. The molecular formula is C24H25NO4S2. The quantitative estimate of drug-likeness (QED) is 0.540. The molecule has 1 atom stereocenters. The number of amides is 1. The van der Waals surface area contributed by atoms with E-state index in [2.05, 4.69) is 19.2 Å². The van der Waals surface area contributed by atoms with Gasteiger partial charge in [-0.05, 0) is 31.0 Å². The number of nitrogens with one attached hydrogen (secondary N) is 1. The lowest BCUT2D eigenvalue weighted by atomic mass is 9.90. The van der Waals surface area contributed by atoms with E-state index in [1.807, 2.05) is 31.2 Å². The lowest BCUT2D eigenvalue weighted by Crippen LogP contribution is -2.24. The van der Waals surface area contributed by atoms with Crippen molar-refractivity contribution in [1.82, 2.24) is 0 Å². The minimum absolute atomic E-state index is 0.148. The molecule has 0 saturated carbocycles. The van der Waals surface area contributed by atoms with Gasteiger partial charge in [0.1, 0.15) is 10.6 Å². The van der Waals surface area contributed by atoms with Gasteiger partial charge in [-0.1, -0.05) is 49.7 Å². The molecule has 0 bridgehead atoms. The van der Waals surface area contributed by atoms with Gasteiger partial charge in [-0.3, -0.25) is 4.79 Å². The fraction of sp³-hybridized carbons (Fsp3) is 0.292. The first-order valence-electron chi connectivity index (χ1n) is 10.2. The van der Waals surface area contributed by atoms with E-state index in [0.29, 0.717) is 18.2 Å². The molecule has 1 N–H and O–H groups in total. The van der Waals surface area contributed by atoms with Crippen molar-refractivity contribution in [2.24, 2.45) is 5.92 Å². The van der Waals surface area contributed by atoms with Gasteiger partial charge in [0.25, 0.3) is 0 Å². The molecule has 0 saturated heterocycles. The van der Waals surface area contributed by atoms with Crippen molar-refractivity contribution >= 4 is 32.8 Å². The smallest absolute Gasteiger partial charge is 0.225 e. The molecule has 1 amide bonds. The Morgan fingerprint density at radius 1 is 1.13 bits per heavy atom. The first-order chi connectivity index (χ1) is 14.8.